The van der Waals surface area contributed by atoms with Gasteiger partial charge in [-0.05, 0) is 116 Å². The van der Waals surface area contributed by atoms with Gasteiger partial charge in [0.1, 0.15) is 45.2 Å². The molecule has 7 amide bonds. The molecule has 4 aromatic rings. The Bertz CT molecular complexity index is 2660. The van der Waals surface area contributed by atoms with Gasteiger partial charge in [-0.15, -0.1) is 0 Å². The van der Waals surface area contributed by atoms with Gasteiger partial charge in [0.2, 0.25) is 23.6 Å². The minimum atomic E-state index is -1.76. The van der Waals surface area contributed by atoms with Gasteiger partial charge in [-0.1, -0.05) is 103 Å². The Hall–Kier alpha value is -7.82. The van der Waals surface area contributed by atoms with E-state index in [2.05, 4.69) is 37.2 Å². The minimum Gasteiger partial charge on any atom is -0.467 e. The fourth-order valence-electron chi connectivity index (χ4n) is 6.68. The Balaban J connectivity index is 1.62. The highest BCUT2D eigenvalue weighted by molar-refractivity contribution is 6.08. The Morgan fingerprint density at radius 2 is 0.957 bits per heavy atom. The molecule has 4 rings (SSSR count). The lowest BCUT2D eigenvalue weighted by Gasteiger charge is -2.32. The van der Waals surface area contributed by atoms with Gasteiger partial charge < -0.3 is 46.7 Å². The summed E-state index contributed by atoms with van der Waals surface area (Å²) >= 11 is 0. The summed E-state index contributed by atoms with van der Waals surface area (Å²) in [5, 5.41) is 20.2. The maximum absolute atomic E-state index is 14.4. The molecule has 0 aromatic heterocycles. The quantitative estimate of drug-likeness (QED) is 0.0499. The standard InChI is InChI=1S/C53H65N7O10/c1-49(2,3)70-48(68)60-52(8,9)46(66)56-40(32-36-28-21-27-35-26-19-20-29-37(35)36)43(63)58-51(6,7)45(65)54-38(30-33-22-15-13-16-23-33)41(61)57-50(4,5)44(64)55-39(31-34-24-17-14-18-25-34)42(62)59-53(10,11)47(67)69-12/h13-31,40H,32H2,1-12H3,(H,54,65)(H,55,64)(H,56,66)(H,57,61)(H,58,63)(H,59,62)(H,60,68)/b38-30-,39-31-/t40-/m0/s1. The topological polar surface area (TPSA) is 239 Å². The third-order valence-corrected chi connectivity index (χ3v) is 10.6. The molecule has 0 fully saturated rings. The summed E-state index contributed by atoms with van der Waals surface area (Å²) in [6.07, 6.45) is 1.91. The van der Waals surface area contributed by atoms with Crippen molar-refractivity contribution in [3.8, 4) is 0 Å². The number of nitrogens with one attached hydrogen (secondary N) is 7. The van der Waals surface area contributed by atoms with Gasteiger partial charge in [0, 0.05) is 6.42 Å². The smallest absolute Gasteiger partial charge is 0.408 e. The van der Waals surface area contributed by atoms with Crippen molar-refractivity contribution in [2.24, 2.45) is 0 Å². The van der Waals surface area contributed by atoms with Crippen LogP contribution in [0.2, 0.25) is 0 Å². The van der Waals surface area contributed by atoms with Crippen LogP contribution in [0.3, 0.4) is 0 Å². The largest absolute Gasteiger partial charge is 0.467 e. The summed E-state index contributed by atoms with van der Waals surface area (Å²) in [7, 11) is 1.17. The second-order valence-electron chi connectivity index (χ2n) is 19.7. The van der Waals surface area contributed by atoms with E-state index in [0.717, 1.165) is 10.8 Å². The molecule has 0 saturated heterocycles. The zero-order chi connectivity index (χ0) is 52.2. The molecule has 0 bridgehead atoms. The summed E-state index contributed by atoms with van der Waals surface area (Å²) in [6.45, 7) is 16.4. The van der Waals surface area contributed by atoms with Crippen LogP contribution >= 0.6 is 0 Å². The van der Waals surface area contributed by atoms with Gasteiger partial charge in [0.05, 0.1) is 7.11 Å². The predicted molar refractivity (Wildman–Crippen MR) is 267 cm³/mol. The number of methoxy groups -OCH3 is 1. The van der Waals surface area contributed by atoms with E-state index < -0.39 is 81.3 Å². The van der Waals surface area contributed by atoms with Crippen molar-refractivity contribution < 1.29 is 47.8 Å². The van der Waals surface area contributed by atoms with Gasteiger partial charge in [-0.25, -0.2) is 9.59 Å². The number of hydrogen-bond donors (Lipinski definition) is 7. The SMILES string of the molecule is COC(=O)C(C)(C)NC(=O)/C(=C/c1ccccc1)NC(=O)C(C)(C)NC(=O)/C(=C/c1ccccc1)NC(=O)C(C)(C)NC(=O)[C@H](Cc1cccc2ccccc12)NC(=O)C(C)(C)NC(=O)OC(C)(C)C. The number of carbonyl (C=O) groups is 8. The zero-order valence-electron chi connectivity index (χ0n) is 41.8. The molecule has 70 heavy (non-hydrogen) atoms. The van der Waals surface area contributed by atoms with E-state index in [1.54, 1.807) is 81.4 Å². The monoisotopic (exact) mass is 959 g/mol. The number of alkyl carbamates (subject to hydrolysis) is 1. The van der Waals surface area contributed by atoms with Gasteiger partial charge >= 0.3 is 12.1 Å². The number of benzene rings is 4. The lowest BCUT2D eigenvalue weighted by molar-refractivity contribution is -0.149. The molecule has 4 aromatic carbocycles. The second-order valence-corrected chi connectivity index (χ2v) is 19.7. The summed E-state index contributed by atoms with van der Waals surface area (Å²) in [4.78, 5) is 110. The van der Waals surface area contributed by atoms with E-state index in [-0.39, 0.29) is 17.8 Å². The van der Waals surface area contributed by atoms with E-state index in [1.165, 1.54) is 74.7 Å². The number of carbonyl (C=O) groups excluding carboxylic acids is 8. The molecule has 0 aliphatic carbocycles. The molecule has 0 aliphatic rings. The summed E-state index contributed by atoms with van der Waals surface area (Å²) in [5.74, 6) is -5.63. The predicted octanol–water partition coefficient (Wildman–Crippen LogP) is 5.34. The normalized spacial score (nSPS) is 12.9. The fraction of sp³-hybridized carbons (Fsp3) is 0.358. The second kappa shape index (κ2) is 22.5. The number of ether oxygens (including phenoxy) is 2. The minimum absolute atomic E-state index is 0.0230. The first-order valence-corrected chi connectivity index (χ1v) is 22.5. The first kappa shape index (κ1) is 54.8. The molecule has 0 aliphatic heterocycles. The maximum Gasteiger partial charge on any atom is 0.408 e. The molecule has 0 unspecified atom stereocenters. The number of rotatable bonds is 18. The summed E-state index contributed by atoms with van der Waals surface area (Å²) in [6, 6.07) is 28.9. The molecule has 1 atom stereocenters. The van der Waals surface area contributed by atoms with Gasteiger partial charge in [0.25, 0.3) is 11.8 Å². The average Bonchev–Trinajstić information content (AvgIpc) is 3.27. The molecule has 0 saturated carbocycles. The molecule has 17 heteroatoms. The molecule has 7 N–H and O–H groups in total. The number of fused-ring (bicyclic) bond motifs is 1. The lowest BCUT2D eigenvalue weighted by atomic mass is 9.96. The third-order valence-electron chi connectivity index (χ3n) is 10.6. The van der Waals surface area contributed by atoms with E-state index >= 15 is 0 Å². The Labute approximate surface area is 409 Å². The fourth-order valence-corrected chi connectivity index (χ4v) is 6.68. The third kappa shape index (κ3) is 15.6. The van der Waals surface area contributed by atoms with Crippen molar-refractivity contribution in [3.05, 3.63) is 131 Å². The first-order chi connectivity index (χ1) is 32.5. The van der Waals surface area contributed by atoms with Crippen LogP contribution in [0.1, 0.15) is 92.9 Å². The van der Waals surface area contributed by atoms with Crippen LogP contribution in [0.5, 0.6) is 0 Å². The van der Waals surface area contributed by atoms with E-state index in [1.807, 2.05) is 42.5 Å². The van der Waals surface area contributed by atoms with Gasteiger partial charge in [-0.2, -0.15) is 0 Å². The molecule has 0 heterocycles. The van der Waals surface area contributed by atoms with Crippen molar-refractivity contribution in [2.75, 3.05) is 7.11 Å². The molecular formula is C53H65N7O10. The molecule has 0 spiro atoms. The van der Waals surface area contributed by atoms with Crippen LogP contribution in [-0.2, 0) is 49.5 Å². The van der Waals surface area contributed by atoms with Crippen LogP contribution in [-0.4, -0.2) is 88.4 Å². The van der Waals surface area contributed by atoms with Crippen molar-refractivity contribution in [2.45, 2.75) is 116 Å². The summed E-state index contributed by atoms with van der Waals surface area (Å²) < 4.78 is 10.2. The zero-order valence-corrected chi connectivity index (χ0v) is 41.8. The van der Waals surface area contributed by atoms with Gasteiger partial charge in [0.15, 0.2) is 0 Å². The molecule has 372 valence electrons. The average molecular weight is 960 g/mol. The Morgan fingerprint density at radius 1 is 0.514 bits per heavy atom. The van der Waals surface area contributed by atoms with E-state index in [4.69, 9.17) is 9.47 Å². The Morgan fingerprint density at radius 3 is 1.46 bits per heavy atom. The van der Waals surface area contributed by atoms with Crippen LogP contribution in [0, 0.1) is 0 Å². The molecule has 17 nitrogen and oxygen atoms in total. The van der Waals surface area contributed by atoms with Crippen LogP contribution < -0.4 is 37.2 Å². The number of amides is 7. The molecule has 0 radical (unpaired) electrons. The highest BCUT2D eigenvalue weighted by Crippen LogP contribution is 2.22. The highest BCUT2D eigenvalue weighted by Gasteiger charge is 2.39. The van der Waals surface area contributed by atoms with Crippen molar-refractivity contribution in [1.82, 2.24) is 37.2 Å². The summed E-state index contributed by atoms with van der Waals surface area (Å²) in [5.41, 5.74) is -6.22. The maximum atomic E-state index is 14.4. The van der Waals surface area contributed by atoms with Crippen molar-refractivity contribution in [3.63, 3.8) is 0 Å². The number of esters is 1. The van der Waals surface area contributed by atoms with Crippen LogP contribution in [0.4, 0.5) is 4.79 Å². The molecular weight excluding hydrogens is 895 g/mol. The Kier molecular flexibility index (Phi) is 17.6. The highest BCUT2D eigenvalue weighted by atomic mass is 16.6. The van der Waals surface area contributed by atoms with Gasteiger partial charge in [-0.3, -0.25) is 28.8 Å². The van der Waals surface area contributed by atoms with Crippen molar-refractivity contribution >= 4 is 70.4 Å². The van der Waals surface area contributed by atoms with E-state index in [0.29, 0.717) is 16.7 Å². The van der Waals surface area contributed by atoms with Crippen LogP contribution in [0.15, 0.2) is 115 Å². The lowest BCUT2D eigenvalue weighted by Crippen LogP contribution is -2.63. The van der Waals surface area contributed by atoms with Crippen LogP contribution in [0.25, 0.3) is 22.9 Å². The van der Waals surface area contributed by atoms with E-state index in [9.17, 15) is 38.4 Å². The van der Waals surface area contributed by atoms with Crippen molar-refractivity contribution in [1.29, 1.82) is 0 Å². The number of hydrogen-bond acceptors (Lipinski definition) is 10. The first-order valence-electron chi connectivity index (χ1n) is 22.5.